The number of nitrogens with one attached hydrogen (secondary N) is 2. The topological polar surface area (TPSA) is 70.2 Å². The highest BCUT2D eigenvalue weighted by atomic mass is 16.2. The van der Waals surface area contributed by atoms with Crippen molar-refractivity contribution in [3.05, 3.63) is 66.7 Å². The molecule has 0 unspecified atom stereocenters. The molecule has 0 radical (unpaired) electrons. The van der Waals surface area contributed by atoms with E-state index >= 15 is 0 Å². The molecule has 4 rings (SSSR count). The highest BCUT2D eigenvalue weighted by molar-refractivity contribution is 5.99. The minimum absolute atomic E-state index is 0.274. The van der Waals surface area contributed by atoms with Gasteiger partial charge < -0.3 is 15.5 Å². The van der Waals surface area contributed by atoms with Crippen LogP contribution in [0.15, 0.2) is 66.7 Å². The van der Waals surface area contributed by atoms with Crippen molar-refractivity contribution >= 4 is 23.2 Å². The highest BCUT2D eigenvalue weighted by Crippen LogP contribution is 2.22. The van der Waals surface area contributed by atoms with Gasteiger partial charge in [0.2, 0.25) is 0 Å². The summed E-state index contributed by atoms with van der Waals surface area (Å²) in [6.07, 6.45) is 2.44. The Morgan fingerprint density at radius 1 is 0.778 bits per heavy atom. The second-order valence-electron chi connectivity index (χ2n) is 6.49. The molecule has 1 fully saturated rings. The molecule has 27 heavy (non-hydrogen) atoms. The molecule has 2 amide bonds. The minimum Gasteiger partial charge on any atom is -0.355 e. The zero-order chi connectivity index (χ0) is 18.5. The number of hydrogen-bond donors (Lipinski definition) is 2. The van der Waals surface area contributed by atoms with Crippen LogP contribution in [0.1, 0.15) is 12.8 Å². The Balaban J connectivity index is 1.39. The number of nitrogens with zero attached hydrogens (tertiary/aromatic N) is 3. The van der Waals surface area contributed by atoms with Crippen LogP contribution in [0.4, 0.5) is 22.0 Å². The van der Waals surface area contributed by atoms with Crippen LogP contribution in [-0.2, 0) is 0 Å². The van der Waals surface area contributed by atoms with Gasteiger partial charge >= 0.3 is 6.03 Å². The van der Waals surface area contributed by atoms with Crippen molar-refractivity contribution in [3.8, 4) is 11.3 Å². The summed E-state index contributed by atoms with van der Waals surface area (Å²) in [4.78, 5) is 14.3. The summed E-state index contributed by atoms with van der Waals surface area (Å²) in [6.45, 7) is 2.11. The van der Waals surface area contributed by atoms with Crippen molar-refractivity contribution in [3.63, 3.8) is 0 Å². The lowest BCUT2D eigenvalue weighted by Crippen LogP contribution is -2.19. The number of anilines is 3. The smallest absolute Gasteiger partial charge is 0.323 e. The fourth-order valence-corrected chi connectivity index (χ4v) is 3.13. The number of carbonyl (C=O) groups is 1. The van der Waals surface area contributed by atoms with Gasteiger partial charge in [0.15, 0.2) is 5.82 Å². The molecule has 2 aromatic carbocycles. The van der Waals surface area contributed by atoms with Gasteiger partial charge in [-0.25, -0.2) is 4.79 Å². The molecule has 0 aliphatic carbocycles. The van der Waals surface area contributed by atoms with Crippen LogP contribution in [0.5, 0.6) is 0 Å². The number of carbonyl (C=O) groups excluding carboxylic acids is 1. The fraction of sp³-hybridized carbons (Fsp3) is 0.190. The number of aromatic nitrogens is 2. The van der Waals surface area contributed by atoms with Gasteiger partial charge in [-0.05, 0) is 49.2 Å². The zero-order valence-electron chi connectivity index (χ0n) is 14.9. The van der Waals surface area contributed by atoms with Gasteiger partial charge in [0, 0.05) is 30.0 Å². The van der Waals surface area contributed by atoms with Crippen molar-refractivity contribution in [2.75, 3.05) is 28.6 Å². The Bertz CT molecular complexity index is 888. The average molecular weight is 359 g/mol. The van der Waals surface area contributed by atoms with Crippen LogP contribution >= 0.6 is 0 Å². The maximum Gasteiger partial charge on any atom is 0.323 e. The van der Waals surface area contributed by atoms with E-state index in [4.69, 9.17) is 0 Å². The van der Waals surface area contributed by atoms with E-state index in [2.05, 4.69) is 25.7 Å². The third kappa shape index (κ3) is 4.23. The second-order valence-corrected chi connectivity index (χ2v) is 6.49. The predicted molar refractivity (Wildman–Crippen MR) is 108 cm³/mol. The SMILES string of the molecule is O=C(Nc1ccccc1)Nc1ccc(-c2ccc(N3CCCC3)nn2)cc1. The average Bonchev–Trinajstić information content (AvgIpc) is 3.24. The standard InChI is InChI=1S/C21H21N5O/c27-21(22-17-6-2-1-3-7-17)23-18-10-8-16(9-11-18)19-12-13-20(25-24-19)26-14-4-5-15-26/h1-3,6-13H,4-5,14-15H2,(H2,22,23,27). The van der Waals surface area contributed by atoms with Gasteiger partial charge in [0.25, 0.3) is 0 Å². The quantitative estimate of drug-likeness (QED) is 0.725. The third-order valence-corrected chi connectivity index (χ3v) is 4.55. The Kier molecular flexibility index (Phi) is 4.96. The first-order chi connectivity index (χ1) is 13.3. The first-order valence-electron chi connectivity index (χ1n) is 9.10. The lowest BCUT2D eigenvalue weighted by molar-refractivity contribution is 0.262. The molecule has 3 aromatic rings. The lowest BCUT2D eigenvalue weighted by Gasteiger charge is -2.15. The van der Waals surface area contributed by atoms with E-state index in [1.54, 1.807) is 0 Å². The summed E-state index contributed by atoms with van der Waals surface area (Å²) >= 11 is 0. The van der Waals surface area contributed by atoms with Crippen LogP contribution in [0.2, 0.25) is 0 Å². The molecular formula is C21H21N5O. The van der Waals surface area contributed by atoms with Crippen molar-refractivity contribution < 1.29 is 4.79 Å². The summed E-state index contributed by atoms with van der Waals surface area (Å²) in [7, 11) is 0. The summed E-state index contributed by atoms with van der Waals surface area (Å²) in [6, 6.07) is 20.6. The molecule has 0 saturated carbocycles. The molecule has 2 heterocycles. The summed E-state index contributed by atoms with van der Waals surface area (Å²) < 4.78 is 0. The third-order valence-electron chi connectivity index (χ3n) is 4.55. The van der Waals surface area contributed by atoms with Crippen molar-refractivity contribution in [1.29, 1.82) is 0 Å². The molecule has 6 heteroatoms. The summed E-state index contributed by atoms with van der Waals surface area (Å²) in [5.41, 5.74) is 3.25. The Morgan fingerprint density at radius 2 is 1.44 bits per heavy atom. The highest BCUT2D eigenvalue weighted by Gasteiger charge is 2.14. The number of amides is 2. The van der Waals surface area contributed by atoms with Crippen LogP contribution in [0, 0.1) is 0 Å². The molecule has 0 spiro atoms. The van der Waals surface area contributed by atoms with Crippen molar-refractivity contribution in [2.45, 2.75) is 12.8 Å². The number of rotatable bonds is 4. The van der Waals surface area contributed by atoms with E-state index in [9.17, 15) is 4.79 Å². The first-order valence-corrected chi connectivity index (χ1v) is 9.10. The fourth-order valence-electron chi connectivity index (χ4n) is 3.13. The van der Waals surface area contributed by atoms with Crippen molar-refractivity contribution in [2.24, 2.45) is 0 Å². The largest absolute Gasteiger partial charge is 0.355 e. The molecule has 6 nitrogen and oxygen atoms in total. The molecule has 1 aromatic heterocycles. The number of hydrogen-bond acceptors (Lipinski definition) is 4. The zero-order valence-corrected chi connectivity index (χ0v) is 14.9. The van der Waals surface area contributed by atoms with Crippen LogP contribution in [-0.4, -0.2) is 29.3 Å². The van der Waals surface area contributed by atoms with Crippen molar-refractivity contribution in [1.82, 2.24) is 10.2 Å². The Labute approximate surface area is 158 Å². The molecular weight excluding hydrogens is 338 g/mol. The predicted octanol–water partition coefficient (Wildman–Crippen LogP) is 4.39. The number of urea groups is 1. The lowest BCUT2D eigenvalue weighted by atomic mass is 10.1. The molecule has 0 bridgehead atoms. The number of benzene rings is 2. The minimum atomic E-state index is -0.274. The van der Waals surface area contributed by atoms with Gasteiger partial charge in [0.1, 0.15) is 0 Å². The van der Waals surface area contributed by atoms with Gasteiger partial charge in [-0.1, -0.05) is 30.3 Å². The second kappa shape index (κ2) is 7.86. The van der Waals surface area contributed by atoms with E-state index in [0.29, 0.717) is 5.69 Å². The first kappa shape index (κ1) is 17.0. The van der Waals surface area contributed by atoms with Crippen LogP contribution < -0.4 is 15.5 Å². The molecule has 1 aliphatic heterocycles. The number of para-hydroxylation sites is 1. The summed E-state index contributed by atoms with van der Waals surface area (Å²) in [5.74, 6) is 0.937. The molecule has 136 valence electrons. The van der Waals surface area contributed by atoms with Gasteiger partial charge in [-0.15, -0.1) is 10.2 Å². The normalized spacial score (nSPS) is 13.4. The summed E-state index contributed by atoms with van der Waals surface area (Å²) in [5, 5.41) is 14.3. The molecule has 1 saturated heterocycles. The van der Waals surface area contributed by atoms with E-state index in [-0.39, 0.29) is 6.03 Å². The van der Waals surface area contributed by atoms with Crippen LogP contribution in [0.25, 0.3) is 11.3 Å². The van der Waals surface area contributed by atoms with Gasteiger partial charge in [-0.3, -0.25) is 0 Å². The maximum atomic E-state index is 12.1. The van der Waals surface area contributed by atoms with Crippen LogP contribution in [0.3, 0.4) is 0 Å². The van der Waals surface area contributed by atoms with E-state index < -0.39 is 0 Å². The van der Waals surface area contributed by atoms with Gasteiger partial charge in [-0.2, -0.15) is 0 Å². The Morgan fingerprint density at radius 3 is 2.07 bits per heavy atom. The molecule has 1 aliphatic rings. The monoisotopic (exact) mass is 359 g/mol. The van der Waals surface area contributed by atoms with E-state index in [1.807, 2.05) is 66.7 Å². The van der Waals surface area contributed by atoms with E-state index in [1.165, 1.54) is 12.8 Å². The maximum absolute atomic E-state index is 12.1. The van der Waals surface area contributed by atoms with Gasteiger partial charge in [0.05, 0.1) is 5.69 Å². The molecule has 0 atom stereocenters. The Hall–Kier alpha value is -3.41. The van der Waals surface area contributed by atoms with E-state index in [0.717, 1.165) is 35.9 Å². The molecule has 2 N–H and O–H groups in total.